The number of benzene rings is 2. The monoisotopic (exact) mass is 588 g/mol. The van der Waals surface area contributed by atoms with E-state index in [2.05, 4.69) is 9.82 Å². The van der Waals surface area contributed by atoms with E-state index in [9.17, 15) is 37.0 Å². The maximum absolute atomic E-state index is 13.2. The average molecular weight is 589 g/mol. The largest absolute Gasteiger partial charge is 0.507 e. The molecule has 0 saturated heterocycles. The van der Waals surface area contributed by atoms with Crippen LogP contribution in [0.3, 0.4) is 0 Å². The molecule has 1 aliphatic rings. The molecule has 4 rings (SSSR count). The number of aliphatic hydroxyl groups excluding tert-OH is 1. The Hall–Kier alpha value is -2.91. The first-order chi connectivity index (χ1) is 17.7. The van der Waals surface area contributed by atoms with E-state index < -0.39 is 56.2 Å². The van der Waals surface area contributed by atoms with Gasteiger partial charge in [-0.15, -0.1) is 0 Å². The van der Waals surface area contributed by atoms with E-state index in [1.54, 1.807) is 4.98 Å². The van der Waals surface area contributed by atoms with Gasteiger partial charge in [-0.3, -0.25) is 9.78 Å². The molecule has 18 heteroatoms. The maximum Gasteiger partial charge on any atom is 0.349 e. The van der Waals surface area contributed by atoms with Gasteiger partial charge in [0, 0.05) is 12.1 Å². The molecule has 11 nitrogen and oxygen atoms in total. The minimum absolute atomic E-state index is 0.0728. The summed E-state index contributed by atoms with van der Waals surface area (Å²) in [5, 5.41) is 22.7. The number of aromatic amines is 1. The minimum Gasteiger partial charge on any atom is -0.507 e. The number of nitrogens with one attached hydrogen (secondary N) is 2. The number of sulfonamides is 1. The molecule has 200 valence electrons. The van der Waals surface area contributed by atoms with Gasteiger partial charge in [-0.05, 0) is 35.9 Å². The van der Waals surface area contributed by atoms with Crippen molar-refractivity contribution in [2.45, 2.75) is 36.3 Å². The molecule has 0 unspecified atom stereocenters. The lowest BCUT2D eigenvalue weighted by molar-refractivity contribution is 0.0712. The van der Waals surface area contributed by atoms with Gasteiger partial charge in [0.1, 0.15) is 32.1 Å². The molecule has 1 saturated carbocycles. The number of rotatable bonds is 7. The molecule has 1 fully saturated rings. The van der Waals surface area contributed by atoms with Crippen molar-refractivity contribution in [3.8, 4) is 22.9 Å². The number of nitrogens with zero attached hydrogens (tertiary/aromatic N) is 2. The van der Waals surface area contributed by atoms with Crippen LogP contribution in [0.4, 0.5) is 8.78 Å². The van der Waals surface area contributed by atoms with Gasteiger partial charge in [-0.25, -0.2) is 26.7 Å². The van der Waals surface area contributed by atoms with Crippen molar-refractivity contribution in [3.63, 3.8) is 0 Å². The van der Waals surface area contributed by atoms with Crippen LogP contribution in [0.25, 0.3) is 5.69 Å². The summed E-state index contributed by atoms with van der Waals surface area (Å²) in [4.78, 5) is 25.4. The first-order valence-corrected chi connectivity index (χ1v) is 13.2. The second-order valence-electron chi connectivity index (χ2n) is 8.59. The predicted octanol–water partition coefficient (Wildman–Crippen LogP) is -1.02. The average Bonchev–Trinajstić information content (AvgIpc) is 2.81. The van der Waals surface area contributed by atoms with E-state index in [-0.39, 0.29) is 51.0 Å². The highest BCUT2D eigenvalue weighted by Crippen LogP contribution is 2.37. The van der Waals surface area contributed by atoms with Crippen LogP contribution in [0, 0.1) is 0 Å². The van der Waals surface area contributed by atoms with E-state index in [0.717, 1.165) is 12.1 Å². The van der Waals surface area contributed by atoms with Crippen molar-refractivity contribution in [3.05, 3.63) is 54.8 Å². The van der Waals surface area contributed by atoms with Gasteiger partial charge in [0.15, 0.2) is 11.4 Å². The molecule has 4 N–H and O–H groups in total. The summed E-state index contributed by atoms with van der Waals surface area (Å²) in [5.41, 5.74) is -3.44. The molecule has 0 spiro atoms. The fraction of sp³-hybridized carbons (Fsp3) is 0.250. The molecular formula is C20H18B2Cl2F2N4O7S. The van der Waals surface area contributed by atoms with Gasteiger partial charge in [-0.2, -0.15) is 9.78 Å². The number of aromatic hydroxyl groups is 1. The third-order valence-corrected chi connectivity index (χ3v) is 8.37. The van der Waals surface area contributed by atoms with Gasteiger partial charge in [0.05, 0.1) is 21.8 Å². The molecule has 3 aromatic rings. The van der Waals surface area contributed by atoms with Crippen LogP contribution in [0.2, 0.25) is 10.0 Å². The van der Waals surface area contributed by atoms with E-state index in [0.29, 0.717) is 4.68 Å². The molecule has 0 radical (unpaired) electrons. The Morgan fingerprint density at radius 3 is 2.34 bits per heavy atom. The van der Waals surface area contributed by atoms with Gasteiger partial charge in [0.2, 0.25) is 10.0 Å². The van der Waals surface area contributed by atoms with E-state index in [4.69, 9.17) is 27.9 Å². The van der Waals surface area contributed by atoms with Crippen molar-refractivity contribution in [2.75, 3.05) is 0 Å². The normalized spacial score (nSPS) is 17.4. The number of aliphatic hydroxyl groups is 1. The minimum atomic E-state index is -4.18. The number of phenolic OH excluding ortho intramolecular Hbond substituents is 1. The number of hydrogen-bond acceptors (Lipinski definition) is 8. The zero-order valence-corrected chi connectivity index (χ0v) is 22.0. The van der Waals surface area contributed by atoms with Gasteiger partial charge in [0.25, 0.3) is 12.0 Å². The molecular weight excluding hydrogens is 571 g/mol. The molecule has 1 aromatic heterocycles. The maximum atomic E-state index is 13.2. The van der Waals surface area contributed by atoms with Crippen LogP contribution in [-0.2, 0) is 10.0 Å². The summed E-state index contributed by atoms with van der Waals surface area (Å²) in [5.74, 6) is -0.780. The summed E-state index contributed by atoms with van der Waals surface area (Å²) in [6, 6.07) is 2.90. The first kappa shape index (κ1) is 28.1. The number of aromatic nitrogens is 3. The summed E-state index contributed by atoms with van der Waals surface area (Å²) in [6.07, 6.45) is -3.39. The van der Waals surface area contributed by atoms with Crippen LogP contribution < -0.4 is 31.6 Å². The quantitative estimate of drug-likeness (QED) is 0.255. The third kappa shape index (κ3) is 5.18. The fourth-order valence-electron chi connectivity index (χ4n) is 3.90. The lowest BCUT2D eigenvalue weighted by atomic mass is 9.84. The standard InChI is InChI=1S/C20H18B2Cl2F2N4O7S/c21-11-13(23)17(14(24)12(22)16(11)30-20(34)27-19(33)15(28-30)18(25)26)37-8-1-2-9(32)10(5-8)38(35,36)29-6-3-7(31)4-6/h1-2,5-7,18,29,31-32H,3-4,21-22H2,(H,27,33,34)/t6-,7+. The van der Waals surface area contributed by atoms with Crippen molar-refractivity contribution >= 4 is 59.8 Å². The smallest absolute Gasteiger partial charge is 0.349 e. The molecule has 0 atom stereocenters. The van der Waals surface area contributed by atoms with E-state index >= 15 is 0 Å². The number of halogens is 4. The van der Waals surface area contributed by atoms with E-state index in [1.807, 2.05) is 0 Å². The highest BCUT2D eigenvalue weighted by molar-refractivity contribution is 7.89. The zero-order chi connectivity index (χ0) is 28.1. The number of hydrogen-bond donors (Lipinski definition) is 4. The second kappa shape index (κ2) is 10.3. The highest BCUT2D eigenvalue weighted by Gasteiger charge is 2.33. The van der Waals surface area contributed by atoms with Gasteiger partial charge in [-0.1, -0.05) is 23.2 Å². The molecule has 2 aromatic carbocycles. The number of phenols is 1. The molecule has 38 heavy (non-hydrogen) atoms. The SMILES string of the molecule is Bc1c(Cl)c(Oc2ccc(O)c(S(=O)(=O)N[C@H]3C[C@@H](O)C3)c2)c(Cl)c(B)c1-n1nc(C(F)F)c(=O)[nH]c1=O. The lowest BCUT2D eigenvalue weighted by Crippen LogP contribution is -2.46. The van der Waals surface area contributed by atoms with Crippen LogP contribution in [0.15, 0.2) is 32.7 Å². The first-order valence-electron chi connectivity index (χ1n) is 10.9. The van der Waals surface area contributed by atoms with Crippen LogP contribution in [-0.4, -0.2) is 61.2 Å². The predicted molar refractivity (Wildman–Crippen MR) is 139 cm³/mol. The van der Waals surface area contributed by atoms with Crippen molar-refractivity contribution in [1.82, 2.24) is 19.5 Å². The van der Waals surface area contributed by atoms with E-state index in [1.165, 1.54) is 21.8 Å². The fourth-order valence-corrected chi connectivity index (χ4v) is 5.76. The number of ether oxygens (including phenoxy) is 1. The second-order valence-corrected chi connectivity index (χ2v) is 11.0. The number of alkyl halides is 2. The molecule has 0 aliphatic heterocycles. The van der Waals surface area contributed by atoms with Crippen LogP contribution in [0.1, 0.15) is 25.0 Å². The van der Waals surface area contributed by atoms with Crippen molar-refractivity contribution in [2.24, 2.45) is 0 Å². The molecule has 0 amide bonds. The Morgan fingerprint density at radius 1 is 1.18 bits per heavy atom. The summed E-state index contributed by atoms with van der Waals surface area (Å²) in [6.45, 7) is 0. The van der Waals surface area contributed by atoms with Crippen molar-refractivity contribution in [1.29, 1.82) is 0 Å². The molecule has 0 bridgehead atoms. The third-order valence-electron chi connectivity index (χ3n) is 5.92. The highest BCUT2D eigenvalue weighted by atomic mass is 35.5. The summed E-state index contributed by atoms with van der Waals surface area (Å²) in [7, 11) is -1.32. The Morgan fingerprint density at radius 2 is 1.79 bits per heavy atom. The lowest BCUT2D eigenvalue weighted by Gasteiger charge is -2.31. The Bertz CT molecular complexity index is 1640. The zero-order valence-electron chi connectivity index (χ0n) is 19.6. The topological polar surface area (TPSA) is 164 Å². The number of H-pyrrole nitrogens is 1. The van der Waals surface area contributed by atoms with Crippen LogP contribution in [0.5, 0.6) is 17.2 Å². The van der Waals surface area contributed by atoms with Crippen molar-refractivity contribution < 1.29 is 32.1 Å². The van der Waals surface area contributed by atoms with Gasteiger partial charge >= 0.3 is 5.69 Å². The van der Waals surface area contributed by atoms with Gasteiger partial charge < -0.3 is 14.9 Å². The van der Waals surface area contributed by atoms with Crippen LogP contribution >= 0.6 is 23.2 Å². The summed E-state index contributed by atoms with van der Waals surface area (Å²) < 4.78 is 60.7. The summed E-state index contributed by atoms with van der Waals surface area (Å²) >= 11 is 12.9. The Kier molecular flexibility index (Phi) is 7.65. The Labute approximate surface area is 225 Å². The Balaban J connectivity index is 1.75. The molecule has 1 heterocycles. The molecule has 1 aliphatic carbocycles.